The van der Waals surface area contributed by atoms with Gasteiger partial charge in [-0.15, -0.1) is 15.7 Å². The molecule has 0 fully saturated rings. The lowest BCUT2D eigenvalue weighted by molar-refractivity contribution is 0.0376. The summed E-state index contributed by atoms with van der Waals surface area (Å²) in [7, 11) is -0.633. The molecule has 0 saturated heterocycles. The predicted molar refractivity (Wildman–Crippen MR) is 129 cm³/mol. The minimum atomic E-state index is -3.98. The molecule has 0 radical (unpaired) electrons. The van der Waals surface area contributed by atoms with E-state index in [2.05, 4.69) is 14.4 Å². The summed E-state index contributed by atoms with van der Waals surface area (Å²) in [6.07, 6.45) is -1.04. The molecule has 32 heavy (non-hydrogen) atoms. The molecule has 1 aromatic heterocycles. The van der Waals surface area contributed by atoms with E-state index in [0.29, 0.717) is 0 Å². The van der Waals surface area contributed by atoms with Crippen LogP contribution < -0.4 is 10.0 Å². The fourth-order valence-electron chi connectivity index (χ4n) is 3.22. The summed E-state index contributed by atoms with van der Waals surface area (Å²) in [6, 6.07) is 8.47. The van der Waals surface area contributed by atoms with E-state index in [1.807, 2.05) is 39.8 Å². The number of aliphatic hydroxyl groups excluding tert-OH is 1. The van der Waals surface area contributed by atoms with Gasteiger partial charge in [0.15, 0.2) is 11.7 Å². The van der Waals surface area contributed by atoms with Crippen molar-refractivity contribution in [3.8, 4) is 5.75 Å². The summed E-state index contributed by atoms with van der Waals surface area (Å²) in [4.78, 5) is 8.39. The first-order valence-electron chi connectivity index (χ1n) is 9.99. The van der Waals surface area contributed by atoms with Crippen molar-refractivity contribution >= 4 is 38.9 Å². The minimum absolute atomic E-state index is 0.0284. The second-order valence-corrected chi connectivity index (χ2v) is 11.6. The average Bonchev–Trinajstić information content (AvgIpc) is 3.21. The van der Waals surface area contributed by atoms with Crippen LogP contribution in [0.4, 0.5) is 5.69 Å². The zero-order chi connectivity index (χ0) is 23.8. The Morgan fingerprint density at radius 3 is 2.47 bits per heavy atom. The average molecular weight is 480 g/mol. The quantitative estimate of drug-likeness (QED) is 0.385. The molecule has 0 bridgehead atoms. The van der Waals surface area contributed by atoms with Gasteiger partial charge in [0.2, 0.25) is 0 Å². The van der Waals surface area contributed by atoms with Crippen molar-refractivity contribution in [3.05, 3.63) is 45.6 Å². The van der Waals surface area contributed by atoms with Gasteiger partial charge in [-0.3, -0.25) is 9.89 Å². The van der Waals surface area contributed by atoms with Crippen LogP contribution in [0.2, 0.25) is 0 Å². The molecule has 2 aromatic rings. The highest BCUT2D eigenvalue weighted by molar-refractivity contribution is 7.89. The van der Waals surface area contributed by atoms with E-state index in [-0.39, 0.29) is 40.1 Å². The Morgan fingerprint density at radius 2 is 1.91 bits per heavy atom. The van der Waals surface area contributed by atoms with Gasteiger partial charge in [0.25, 0.3) is 0 Å². The number of amidine groups is 2. The van der Waals surface area contributed by atoms with Crippen LogP contribution in [-0.2, 0) is 10.2 Å². The van der Waals surface area contributed by atoms with Crippen LogP contribution in [0.3, 0.4) is 0 Å². The number of aliphatic imine (C=N–C) groups is 1. The molecule has 174 valence electrons. The van der Waals surface area contributed by atoms with Gasteiger partial charge in [0.05, 0.1) is 11.7 Å². The van der Waals surface area contributed by atoms with Crippen molar-refractivity contribution in [1.29, 1.82) is 0 Å². The van der Waals surface area contributed by atoms with E-state index in [1.54, 1.807) is 43.6 Å². The van der Waals surface area contributed by atoms with Crippen LogP contribution in [0, 0.1) is 12.3 Å². The summed E-state index contributed by atoms with van der Waals surface area (Å²) >= 11 is 1.60. The molecule has 11 heteroatoms. The molecular formula is C21H29N5O4S2. The Hall–Kier alpha value is -2.47. The van der Waals surface area contributed by atoms with E-state index >= 15 is 0 Å². The highest BCUT2D eigenvalue weighted by Crippen LogP contribution is 2.40. The maximum atomic E-state index is 12.2. The van der Waals surface area contributed by atoms with Crippen LogP contribution in [0.15, 0.2) is 39.7 Å². The maximum absolute atomic E-state index is 12.2. The fourth-order valence-corrected chi connectivity index (χ4v) is 5.19. The van der Waals surface area contributed by atoms with Gasteiger partial charge in [0, 0.05) is 15.3 Å². The summed E-state index contributed by atoms with van der Waals surface area (Å²) in [5.74, 6) is -0.172. The van der Waals surface area contributed by atoms with Gasteiger partial charge in [-0.1, -0.05) is 32.9 Å². The van der Waals surface area contributed by atoms with Crippen molar-refractivity contribution in [2.45, 2.75) is 40.0 Å². The SMILES string of the molecule is Cc1ccc([C@H](N=C2NS(=O)(=O)N=C2Nc2cccc(C(O)N(C)C)c2O)C(C)(C)C)s1. The van der Waals surface area contributed by atoms with E-state index in [9.17, 15) is 18.6 Å². The third-order valence-electron chi connectivity index (χ3n) is 4.86. The standard InChI is InChI=1S/C21H29N5O4S2/c1-12-10-11-15(31-12)17(21(2,3)4)23-19-18(24-32(29,30)25-19)22-14-9-7-8-13(16(14)27)20(28)26(5)6/h7-11,17,20,27-28H,1-6H3,(H,22,24)(H,23,25)/t17-,20?/m0/s1. The Balaban J connectivity index is 2.01. The lowest BCUT2D eigenvalue weighted by Crippen LogP contribution is -2.32. The highest BCUT2D eigenvalue weighted by atomic mass is 32.2. The predicted octanol–water partition coefficient (Wildman–Crippen LogP) is 3.16. The molecule has 1 aliphatic rings. The van der Waals surface area contributed by atoms with Crippen molar-refractivity contribution < 1.29 is 18.6 Å². The molecule has 1 unspecified atom stereocenters. The number of aromatic hydroxyl groups is 1. The number of nitrogens with zero attached hydrogens (tertiary/aromatic N) is 3. The van der Waals surface area contributed by atoms with E-state index in [1.165, 1.54) is 4.90 Å². The Labute approximate surface area is 192 Å². The smallest absolute Gasteiger partial charge is 0.345 e. The summed E-state index contributed by atoms with van der Waals surface area (Å²) in [6.45, 7) is 8.10. The molecule has 1 aliphatic heterocycles. The summed E-state index contributed by atoms with van der Waals surface area (Å²) in [5.41, 5.74) is 0.184. The Morgan fingerprint density at radius 1 is 1.22 bits per heavy atom. The van der Waals surface area contributed by atoms with E-state index < -0.39 is 16.4 Å². The third-order valence-corrected chi connectivity index (χ3v) is 6.79. The van der Waals surface area contributed by atoms with Gasteiger partial charge in [-0.25, -0.2) is 4.72 Å². The molecule has 9 nitrogen and oxygen atoms in total. The van der Waals surface area contributed by atoms with Crippen LogP contribution in [0.25, 0.3) is 0 Å². The second-order valence-electron chi connectivity index (χ2n) is 8.92. The Kier molecular flexibility index (Phi) is 6.66. The van der Waals surface area contributed by atoms with Crippen LogP contribution in [-0.4, -0.2) is 49.3 Å². The van der Waals surface area contributed by atoms with E-state index in [0.717, 1.165) is 9.75 Å². The molecule has 2 atom stereocenters. The zero-order valence-corrected chi connectivity index (χ0v) is 20.5. The van der Waals surface area contributed by atoms with Crippen molar-refractivity contribution in [2.24, 2.45) is 14.8 Å². The van der Waals surface area contributed by atoms with Gasteiger partial charge in [0.1, 0.15) is 12.0 Å². The van der Waals surface area contributed by atoms with Crippen molar-refractivity contribution in [3.63, 3.8) is 0 Å². The number of phenols is 1. The number of aryl methyl sites for hydroxylation is 1. The molecule has 0 saturated carbocycles. The van der Waals surface area contributed by atoms with E-state index in [4.69, 9.17) is 4.99 Å². The molecule has 0 spiro atoms. The number of benzene rings is 1. The number of hydrogen-bond donors (Lipinski definition) is 4. The van der Waals surface area contributed by atoms with Gasteiger partial charge in [-0.2, -0.15) is 8.42 Å². The first-order chi connectivity index (χ1) is 14.8. The van der Waals surface area contributed by atoms with Crippen LogP contribution in [0.5, 0.6) is 5.75 Å². The number of rotatable bonds is 5. The fraction of sp³-hybridized carbons (Fsp3) is 0.429. The first kappa shape index (κ1) is 24.2. The lowest BCUT2D eigenvalue weighted by Gasteiger charge is -2.27. The topological polar surface area (TPSA) is 127 Å². The largest absolute Gasteiger partial charge is 0.505 e. The Bertz CT molecular complexity index is 1160. The second kappa shape index (κ2) is 8.81. The normalized spacial score (nSPS) is 19.0. The zero-order valence-electron chi connectivity index (χ0n) is 18.9. The monoisotopic (exact) mass is 479 g/mol. The number of nitrogens with one attached hydrogen (secondary N) is 2. The molecule has 0 aliphatic carbocycles. The van der Waals surface area contributed by atoms with Crippen LogP contribution >= 0.6 is 11.3 Å². The maximum Gasteiger partial charge on any atom is 0.345 e. The number of thiophene rings is 1. The summed E-state index contributed by atoms with van der Waals surface area (Å²) < 4.78 is 30.6. The molecule has 3 rings (SSSR count). The molecule has 2 heterocycles. The molecular weight excluding hydrogens is 450 g/mol. The van der Waals surface area contributed by atoms with Gasteiger partial charge >= 0.3 is 10.2 Å². The first-order valence-corrected chi connectivity index (χ1v) is 12.2. The highest BCUT2D eigenvalue weighted by Gasteiger charge is 2.33. The molecule has 1 aromatic carbocycles. The van der Waals surface area contributed by atoms with Crippen molar-refractivity contribution in [2.75, 3.05) is 19.4 Å². The number of phenolic OH excluding ortho intramolecular Hbond substituents is 1. The minimum Gasteiger partial charge on any atom is -0.505 e. The number of anilines is 1. The number of aliphatic hydroxyl groups is 1. The van der Waals surface area contributed by atoms with Crippen LogP contribution in [0.1, 0.15) is 48.4 Å². The van der Waals surface area contributed by atoms with Crippen molar-refractivity contribution in [1.82, 2.24) is 9.62 Å². The number of para-hydroxylation sites is 1. The third kappa shape index (κ3) is 5.29. The van der Waals surface area contributed by atoms with Gasteiger partial charge in [-0.05, 0) is 44.6 Å². The molecule has 0 amide bonds. The number of hydrogen-bond acceptors (Lipinski definition) is 8. The van der Waals surface area contributed by atoms with Gasteiger partial charge < -0.3 is 15.5 Å². The lowest BCUT2D eigenvalue weighted by atomic mass is 9.86. The summed E-state index contributed by atoms with van der Waals surface area (Å²) in [5, 5.41) is 23.8. The molecule has 4 N–H and O–H groups in total.